The molecule has 0 aromatic rings. The first-order valence-electron chi connectivity index (χ1n) is 5.40. The van der Waals surface area contributed by atoms with Crippen LogP contribution >= 0.6 is 0 Å². The fourth-order valence-corrected chi connectivity index (χ4v) is 2.48. The zero-order valence-electron chi connectivity index (χ0n) is 9.28. The molecular formula is C11H22N2. The molecule has 1 saturated heterocycles. The average Bonchev–Trinajstić information content (AvgIpc) is 2.27. The van der Waals surface area contributed by atoms with E-state index in [1.54, 1.807) is 0 Å². The van der Waals surface area contributed by atoms with E-state index in [-0.39, 0.29) is 0 Å². The second-order valence-corrected chi connectivity index (χ2v) is 5.81. The lowest BCUT2D eigenvalue weighted by Gasteiger charge is -2.27. The minimum atomic E-state index is 0.490. The van der Waals surface area contributed by atoms with E-state index in [9.17, 15) is 0 Å². The first kappa shape index (κ1) is 9.47. The topological polar surface area (TPSA) is 24.1 Å². The van der Waals surface area contributed by atoms with E-state index < -0.39 is 0 Å². The Morgan fingerprint density at radius 3 is 2.00 bits per heavy atom. The van der Waals surface area contributed by atoms with E-state index in [1.165, 1.54) is 19.6 Å². The van der Waals surface area contributed by atoms with Gasteiger partial charge in [0.2, 0.25) is 0 Å². The highest BCUT2D eigenvalue weighted by atomic mass is 15.1. The van der Waals surface area contributed by atoms with Gasteiger partial charge < -0.3 is 10.6 Å². The van der Waals surface area contributed by atoms with Gasteiger partial charge in [0.1, 0.15) is 0 Å². The van der Waals surface area contributed by atoms with Crippen LogP contribution in [-0.2, 0) is 0 Å². The molecule has 2 fully saturated rings. The Morgan fingerprint density at radius 1 is 1.15 bits per heavy atom. The Bertz CT molecular complexity index is 190. The van der Waals surface area contributed by atoms with Crippen molar-refractivity contribution < 1.29 is 0 Å². The lowest BCUT2D eigenvalue weighted by Crippen LogP contribution is -2.48. The van der Waals surface area contributed by atoms with Gasteiger partial charge in [-0.25, -0.2) is 0 Å². The van der Waals surface area contributed by atoms with Crippen molar-refractivity contribution in [3.05, 3.63) is 0 Å². The largest absolute Gasteiger partial charge is 0.316 e. The lowest BCUT2D eigenvalue weighted by atomic mass is 10.0. The van der Waals surface area contributed by atoms with Crippen molar-refractivity contribution in [3.8, 4) is 0 Å². The Balaban J connectivity index is 1.77. The standard InChI is InChI=1S/C11H22N2/c1-10(2)9(11(10,3)4)13-7-8-5-12-6-8/h8-9,12-13H,5-7H2,1-4H3. The molecule has 0 spiro atoms. The summed E-state index contributed by atoms with van der Waals surface area (Å²) in [6.45, 7) is 13.1. The maximum atomic E-state index is 3.70. The van der Waals surface area contributed by atoms with Crippen LogP contribution in [0.3, 0.4) is 0 Å². The Hall–Kier alpha value is -0.0800. The number of rotatable bonds is 3. The van der Waals surface area contributed by atoms with Gasteiger partial charge in [0.15, 0.2) is 0 Å². The summed E-state index contributed by atoms with van der Waals surface area (Å²) in [4.78, 5) is 0. The van der Waals surface area contributed by atoms with E-state index in [1.807, 2.05) is 0 Å². The predicted molar refractivity (Wildman–Crippen MR) is 55.7 cm³/mol. The number of hydrogen-bond donors (Lipinski definition) is 2. The zero-order chi connectivity index (χ0) is 9.69. The molecule has 0 radical (unpaired) electrons. The van der Waals surface area contributed by atoms with Crippen LogP contribution in [0, 0.1) is 16.7 Å². The number of hydrogen-bond acceptors (Lipinski definition) is 2. The Kier molecular flexibility index (Phi) is 1.97. The minimum Gasteiger partial charge on any atom is -0.316 e. The van der Waals surface area contributed by atoms with Crippen LogP contribution in [0.1, 0.15) is 27.7 Å². The molecule has 76 valence electrons. The summed E-state index contributed by atoms with van der Waals surface area (Å²) in [6, 6.07) is 0.723. The molecule has 1 aliphatic heterocycles. The maximum absolute atomic E-state index is 3.70. The van der Waals surface area contributed by atoms with Gasteiger partial charge in [-0.05, 0) is 16.7 Å². The molecular weight excluding hydrogens is 160 g/mol. The van der Waals surface area contributed by atoms with Crippen LogP contribution in [0.25, 0.3) is 0 Å². The second-order valence-electron chi connectivity index (χ2n) is 5.81. The van der Waals surface area contributed by atoms with Gasteiger partial charge in [-0.1, -0.05) is 27.7 Å². The summed E-state index contributed by atoms with van der Waals surface area (Å²) in [5, 5.41) is 7.01. The summed E-state index contributed by atoms with van der Waals surface area (Å²) in [6.07, 6.45) is 0. The molecule has 0 atom stereocenters. The monoisotopic (exact) mass is 182 g/mol. The third kappa shape index (κ3) is 1.31. The summed E-state index contributed by atoms with van der Waals surface area (Å²) in [5.41, 5.74) is 0.981. The van der Waals surface area contributed by atoms with Crippen molar-refractivity contribution in [3.63, 3.8) is 0 Å². The Morgan fingerprint density at radius 2 is 1.69 bits per heavy atom. The van der Waals surface area contributed by atoms with Gasteiger partial charge in [-0.3, -0.25) is 0 Å². The first-order valence-corrected chi connectivity index (χ1v) is 5.40. The third-order valence-electron chi connectivity index (χ3n) is 4.50. The quantitative estimate of drug-likeness (QED) is 0.686. The zero-order valence-corrected chi connectivity index (χ0v) is 9.28. The summed E-state index contributed by atoms with van der Waals surface area (Å²) >= 11 is 0. The van der Waals surface area contributed by atoms with E-state index in [0.717, 1.165) is 12.0 Å². The van der Waals surface area contributed by atoms with Crippen molar-refractivity contribution in [2.24, 2.45) is 16.7 Å². The normalized spacial score (nSPS) is 31.4. The molecule has 0 bridgehead atoms. The van der Waals surface area contributed by atoms with Crippen molar-refractivity contribution in [2.45, 2.75) is 33.7 Å². The van der Waals surface area contributed by atoms with Crippen LogP contribution in [0.4, 0.5) is 0 Å². The van der Waals surface area contributed by atoms with Gasteiger partial charge in [-0.2, -0.15) is 0 Å². The van der Waals surface area contributed by atoms with Gasteiger partial charge in [0.05, 0.1) is 0 Å². The van der Waals surface area contributed by atoms with Gasteiger partial charge in [0, 0.05) is 25.7 Å². The SMILES string of the molecule is CC1(C)C(NCC2CNC2)C1(C)C. The molecule has 1 aliphatic carbocycles. The first-order chi connectivity index (χ1) is 5.96. The predicted octanol–water partition coefficient (Wildman–Crippen LogP) is 1.23. The molecule has 13 heavy (non-hydrogen) atoms. The van der Waals surface area contributed by atoms with Crippen molar-refractivity contribution >= 4 is 0 Å². The molecule has 2 heteroatoms. The molecule has 0 aromatic carbocycles. The summed E-state index contributed by atoms with van der Waals surface area (Å²) in [5.74, 6) is 0.882. The van der Waals surface area contributed by atoms with Crippen LogP contribution in [-0.4, -0.2) is 25.7 Å². The highest BCUT2D eigenvalue weighted by Gasteiger charge is 2.64. The molecule has 0 unspecified atom stereocenters. The highest BCUT2D eigenvalue weighted by molar-refractivity contribution is 5.17. The van der Waals surface area contributed by atoms with Crippen molar-refractivity contribution in [2.75, 3.05) is 19.6 Å². The van der Waals surface area contributed by atoms with Crippen LogP contribution < -0.4 is 10.6 Å². The number of nitrogens with one attached hydrogen (secondary N) is 2. The van der Waals surface area contributed by atoms with Gasteiger partial charge >= 0.3 is 0 Å². The van der Waals surface area contributed by atoms with E-state index in [2.05, 4.69) is 38.3 Å². The van der Waals surface area contributed by atoms with E-state index >= 15 is 0 Å². The average molecular weight is 182 g/mol. The molecule has 2 rings (SSSR count). The van der Waals surface area contributed by atoms with Gasteiger partial charge in [0.25, 0.3) is 0 Å². The molecule has 2 N–H and O–H groups in total. The van der Waals surface area contributed by atoms with E-state index in [4.69, 9.17) is 0 Å². The van der Waals surface area contributed by atoms with Crippen LogP contribution in [0.5, 0.6) is 0 Å². The molecule has 0 amide bonds. The fraction of sp³-hybridized carbons (Fsp3) is 1.00. The summed E-state index contributed by atoms with van der Waals surface area (Å²) < 4.78 is 0. The van der Waals surface area contributed by atoms with Crippen molar-refractivity contribution in [1.82, 2.24) is 10.6 Å². The molecule has 1 heterocycles. The fourth-order valence-electron chi connectivity index (χ4n) is 2.48. The third-order valence-corrected chi connectivity index (χ3v) is 4.50. The smallest absolute Gasteiger partial charge is 0.0181 e. The van der Waals surface area contributed by atoms with Gasteiger partial charge in [-0.15, -0.1) is 0 Å². The lowest BCUT2D eigenvalue weighted by molar-refractivity contribution is 0.323. The van der Waals surface area contributed by atoms with E-state index in [0.29, 0.717) is 10.8 Å². The highest BCUT2D eigenvalue weighted by Crippen LogP contribution is 2.62. The minimum absolute atomic E-state index is 0.490. The maximum Gasteiger partial charge on any atom is 0.0181 e. The Labute approximate surface area is 81.5 Å². The van der Waals surface area contributed by atoms with Crippen molar-refractivity contribution in [1.29, 1.82) is 0 Å². The second kappa shape index (κ2) is 2.71. The van der Waals surface area contributed by atoms with Crippen LogP contribution in [0.15, 0.2) is 0 Å². The molecule has 2 aliphatic rings. The molecule has 0 aromatic heterocycles. The molecule has 2 nitrogen and oxygen atoms in total. The van der Waals surface area contributed by atoms with Crippen LogP contribution in [0.2, 0.25) is 0 Å². The summed E-state index contributed by atoms with van der Waals surface area (Å²) in [7, 11) is 0. The molecule has 1 saturated carbocycles.